The van der Waals surface area contributed by atoms with Crippen LogP contribution in [-0.2, 0) is 9.59 Å². The first-order valence-corrected chi connectivity index (χ1v) is 12.7. The Morgan fingerprint density at radius 3 is 1.69 bits per heavy atom. The van der Waals surface area contributed by atoms with Crippen LogP contribution in [0.5, 0.6) is 17.2 Å². The average molecular weight is 523 g/mol. The molecule has 8 heteroatoms. The molecule has 0 bridgehead atoms. The third-order valence-electron chi connectivity index (χ3n) is 5.76. The number of carbonyl (C=O) groups excluding carboxylic acids is 2. The molecule has 0 radical (unpaired) electrons. The van der Waals surface area contributed by atoms with E-state index in [0.717, 1.165) is 0 Å². The highest BCUT2D eigenvalue weighted by Crippen LogP contribution is 2.44. The zero-order chi connectivity index (χ0) is 27.7. The lowest BCUT2D eigenvalue weighted by atomic mass is 10.0. The summed E-state index contributed by atoms with van der Waals surface area (Å²) in [4.78, 5) is 30.0. The van der Waals surface area contributed by atoms with Gasteiger partial charge in [-0.3, -0.25) is 9.59 Å². The van der Waals surface area contributed by atoms with Crippen LogP contribution < -0.4 is 14.2 Å². The second kappa shape index (κ2) is 14.2. The summed E-state index contributed by atoms with van der Waals surface area (Å²) in [5.74, 6) is 1.01. The molecule has 1 aromatic rings. The van der Waals surface area contributed by atoms with Crippen LogP contribution in [0.1, 0.15) is 67.4 Å². The molecule has 202 valence electrons. The normalized spacial score (nSPS) is 12.4. The van der Waals surface area contributed by atoms with Gasteiger partial charge in [0, 0.05) is 35.8 Å². The van der Waals surface area contributed by atoms with E-state index < -0.39 is 0 Å². The van der Waals surface area contributed by atoms with Crippen molar-refractivity contribution in [2.75, 3.05) is 21.3 Å². The molecule has 0 heterocycles. The van der Waals surface area contributed by atoms with E-state index in [1.807, 2.05) is 55.4 Å². The first-order chi connectivity index (χ1) is 16.8. The number of hydrogen-bond donors (Lipinski definition) is 0. The monoisotopic (exact) mass is 522 g/mol. The third kappa shape index (κ3) is 7.66. The summed E-state index contributed by atoms with van der Waals surface area (Å²) in [5.41, 5.74) is 1.03. The molecule has 1 aromatic carbocycles. The van der Waals surface area contributed by atoms with Gasteiger partial charge in [-0.05, 0) is 73.1 Å². The van der Waals surface area contributed by atoms with E-state index in [2.05, 4.69) is 0 Å². The van der Waals surface area contributed by atoms with Gasteiger partial charge in [-0.15, -0.1) is 0 Å². The van der Waals surface area contributed by atoms with E-state index in [9.17, 15) is 9.59 Å². The minimum Gasteiger partial charge on any atom is -0.493 e. The smallest absolute Gasteiger partial charge is 0.247 e. The molecule has 0 atom stereocenters. The summed E-state index contributed by atoms with van der Waals surface area (Å²) in [5, 5.41) is 0.290. The van der Waals surface area contributed by atoms with Crippen molar-refractivity contribution in [2.45, 2.75) is 86.0 Å². The van der Waals surface area contributed by atoms with Crippen LogP contribution in [-0.4, -0.2) is 67.1 Å². The Hall–Kier alpha value is -2.67. The minimum absolute atomic E-state index is 0.0103. The predicted octanol–water partition coefficient (Wildman–Crippen LogP) is 5.90. The van der Waals surface area contributed by atoms with Crippen LogP contribution in [0, 0.1) is 0 Å². The lowest BCUT2D eigenvalue weighted by Gasteiger charge is -2.31. The van der Waals surface area contributed by atoms with E-state index in [1.54, 1.807) is 28.0 Å². The second-order valence-electron chi connectivity index (χ2n) is 9.65. The summed E-state index contributed by atoms with van der Waals surface area (Å²) in [6.07, 6.45) is 3.13. The molecule has 0 N–H and O–H groups in total. The Morgan fingerprint density at radius 1 is 0.778 bits per heavy atom. The number of allylic oxidation sites excluding steroid dienone is 1. The van der Waals surface area contributed by atoms with Gasteiger partial charge in [0.15, 0.2) is 11.5 Å². The molecule has 2 amide bonds. The van der Waals surface area contributed by atoms with Gasteiger partial charge in [-0.25, -0.2) is 0 Å². The van der Waals surface area contributed by atoms with E-state index in [-0.39, 0.29) is 42.4 Å². The minimum atomic E-state index is -0.154. The number of amides is 2. The maximum atomic E-state index is 13.4. The van der Waals surface area contributed by atoms with Gasteiger partial charge in [0.05, 0.1) is 32.8 Å². The SMILES string of the molecule is COc1ccc(/C(Cl)=C(/C=C/C(=O)N(C(C)C)C(C)C)CC(=O)N(C(C)C)C(C)C)c(OC)c1OC. The van der Waals surface area contributed by atoms with E-state index >= 15 is 0 Å². The fraction of sp³-hybridized carbons (Fsp3) is 0.571. The van der Waals surface area contributed by atoms with Gasteiger partial charge in [0.1, 0.15) is 0 Å². The molecular formula is C28H43ClN2O5. The van der Waals surface area contributed by atoms with E-state index in [4.69, 9.17) is 25.8 Å². The zero-order valence-corrected chi connectivity index (χ0v) is 24.4. The zero-order valence-electron chi connectivity index (χ0n) is 23.6. The molecule has 0 aliphatic heterocycles. The van der Waals surface area contributed by atoms with Gasteiger partial charge >= 0.3 is 0 Å². The number of halogens is 1. The van der Waals surface area contributed by atoms with Crippen molar-refractivity contribution < 1.29 is 23.8 Å². The molecule has 1 rings (SSSR count). The van der Waals surface area contributed by atoms with Crippen molar-refractivity contribution >= 4 is 28.4 Å². The summed E-state index contributed by atoms with van der Waals surface area (Å²) in [6.45, 7) is 15.8. The topological polar surface area (TPSA) is 68.3 Å². The Kier molecular flexibility index (Phi) is 12.3. The average Bonchev–Trinajstić information content (AvgIpc) is 2.78. The third-order valence-corrected chi connectivity index (χ3v) is 6.21. The number of benzene rings is 1. The van der Waals surface area contributed by atoms with Crippen LogP contribution in [0.2, 0.25) is 0 Å². The molecular weight excluding hydrogens is 480 g/mol. The van der Waals surface area contributed by atoms with Crippen molar-refractivity contribution in [2.24, 2.45) is 0 Å². The van der Waals surface area contributed by atoms with Gasteiger partial charge in [-0.2, -0.15) is 0 Å². The van der Waals surface area contributed by atoms with Gasteiger partial charge in [-0.1, -0.05) is 17.7 Å². The Labute approximate surface area is 222 Å². The van der Waals surface area contributed by atoms with Gasteiger partial charge in [0.25, 0.3) is 0 Å². The molecule has 0 unspecified atom stereocenters. The fourth-order valence-corrected chi connectivity index (χ4v) is 4.73. The van der Waals surface area contributed by atoms with Crippen LogP contribution in [0.25, 0.3) is 5.03 Å². The lowest BCUT2D eigenvalue weighted by molar-refractivity contribution is -0.134. The fourth-order valence-electron chi connectivity index (χ4n) is 4.45. The molecule has 0 saturated carbocycles. The molecule has 0 aliphatic rings. The number of hydrogen-bond acceptors (Lipinski definition) is 5. The second-order valence-corrected chi connectivity index (χ2v) is 10.0. The lowest BCUT2D eigenvalue weighted by Crippen LogP contribution is -2.42. The van der Waals surface area contributed by atoms with Crippen LogP contribution >= 0.6 is 11.6 Å². The molecule has 0 fully saturated rings. The van der Waals surface area contributed by atoms with Crippen molar-refractivity contribution in [3.8, 4) is 17.2 Å². The number of nitrogens with zero attached hydrogens (tertiary/aromatic N) is 2. The molecule has 7 nitrogen and oxygen atoms in total. The van der Waals surface area contributed by atoms with Crippen LogP contribution in [0.3, 0.4) is 0 Å². The number of ether oxygens (including phenoxy) is 3. The van der Waals surface area contributed by atoms with Gasteiger partial charge < -0.3 is 24.0 Å². The maximum Gasteiger partial charge on any atom is 0.247 e. The summed E-state index contributed by atoms with van der Waals surface area (Å²) < 4.78 is 16.5. The van der Waals surface area contributed by atoms with Crippen molar-refractivity contribution in [1.29, 1.82) is 0 Å². The Morgan fingerprint density at radius 2 is 1.28 bits per heavy atom. The quantitative estimate of drug-likeness (QED) is 0.252. The number of methoxy groups -OCH3 is 3. The van der Waals surface area contributed by atoms with Crippen molar-refractivity contribution in [3.05, 3.63) is 35.4 Å². The van der Waals surface area contributed by atoms with E-state index in [0.29, 0.717) is 33.4 Å². The van der Waals surface area contributed by atoms with Crippen LogP contribution in [0.4, 0.5) is 0 Å². The predicted molar refractivity (Wildman–Crippen MR) is 147 cm³/mol. The highest BCUT2D eigenvalue weighted by Gasteiger charge is 2.25. The molecule has 0 spiro atoms. The summed E-state index contributed by atoms with van der Waals surface area (Å²) in [6, 6.07) is 3.54. The standard InChI is InChI=1S/C28H43ClN2O5/c1-17(2)30(18(3)4)24(32)15-12-21(16-25(33)31(19(5)6)20(7)8)26(29)22-13-14-23(34-9)28(36-11)27(22)35-10/h12-15,17-20H,16H2,1-11H3/b15-12+,26-21+. The van der Waals surface area contributed by atoms with Crippen molar-refractivity contribution in [3.63, 3.8) is 0 Å². The maximum absolute atomic E-state index is 13.4. The van der Waals surface area contributed by atoms with E-state index in [1.165, 1.54) is 27.4 Å². The Balaban J connectivity index is 3.72. The van der Waals surface area contributed by atoms with Crippen molar-refractivity contribution in [1.82, 2.24) is 9.80 Å². The van der Waals surface area contributed by atoms with Gasteiger partial charge in [0.2, 0.25) is 17.6 Å². The Bertz CT molecular complexity index is 951. The highest BCUT2D eigenvalue weighted by atomic mass is 35.5. The number of carbonyl (C=O) groups is 2. The van der Waals surface area contributed by atoms with Crippen LogP contribution in [0.15, 0.2) is 29.9 Å². The summed E-state index contributed by atoms with van der Waals surface area (Å²) in [7, 11) is 4.56. The first kappa shape index (κ1) is 31.4. The molecule has 0 aliphatic carbocycles. The molecule has 0 saturated heterocycles. The molecule has 36 heavy (non-hydrogen) atoms. The highest BCUT2D eigenvalue weighted by molar-refractivity contribution is 6.50. The summed E-state index contributed by atoms with van der Waals surface area (Å²) >= 11 is 6.93. The largest absolute Gasteiger partial charge is 0.493 e. The first-order valence-electron chi connectivity index (χ1n) is 12.3. The molecule has 0 aromatic heterocycles. The number of rotatable bonds is 12.